The Morgan fingerprint density at radius 1 is 0.814 bits per heavy atom. The van der Waals surface area contributed by atoms with Crippen LogP contribution in [0, 0.1) is 21.4 Å². The van der Waals surface area contributed by atoms with Crippen LogP contribution in [-0.4, -0.2) is 10.8 Å². The first-order chi connectivity index (χ1) is 20.6. The Labute approximate surface area is 252 Å². The summed E-state index contributed by atoms with van der Waals surface area (Å²) in [5, 5.41) is 21.4. The van der Waals surface area contributed by atoms with Gasteiger partial charge in [-0.05, 0) is 48.5 Å². The van der Waals surface area contributed by atoms with Crippen LogP contribution in [0.15, 0.2) is 93.8 Å². The predicted octanol–water partition coefficient (Wildman–Crippen LogP) is 8.22. The summed E-state index contributed by atoms with van der Waals surface area (Å²) in [6.45, 7) is 0. The number of carbonyl (C=O) groups excluding carboxylic acids is 1. The number of carbonyl (C=O) groups is 1. The maximum absolute atomic E-state index is 11.2. The van der Waals surface area contributed by atoms with Gasteiger partial charge in [0, 0.05) is 30.0 Å². The minimum Gasteiger partial charge on any atom is -0.455 e. The molecule has 13 heteroatoms. The lowest BCUT2D eigenvalue weighted by atomic mass is 10.2. The lowest BCUT2D eigenvalue weighted by Gasteiger charge is -2.08. The quantitative estimate of drug-likeness (QED) is 0.106. The Morgan fingerprint density at radius 3 is 1.95 bits per heavy atom. The van der Waals surface area contributed by atoms with Crippen molar-refractivity contribution >= 4 is 62.4 Å². The first-order valence-corrected chi connectivity index (χ1v) is 13.0. The number of nitro groups is 1. The molecule has 11 nitrogen and oxygen atoms in total. The Bertz CT molecular complexity index is 2060. The van der Waals surface area contributed by atoms with Crippen LogP contribution in [0.2, 0.25) is 10.0 Å². The van der Waals surface area contributed by atoms with Crippen molar-refractivity contribution in [3.63, 3.8) is 0 Å². The molecule has 6 rings (SSSR count). The van der Waals surface area contributed by atoms with Gasteiger partial charge in [0.15, 0.2) is 5.76 Å². The minimum absolute atomic E-state index is 0.00541. The third-order valence-corrected chi connectivity index (χ3v) is 6.51. The normalized spacial score (nSPS) is 10.5. The number of hydrogen-bond donors (Lipinski definition) is 2. The van der Waals surface area contributed by atoms with E-state index in [0.29, 0.717) is 44.5 Å². The highest BCUT2D eigenvalue weighted by Gasteiger charge is 2.16. The summed E-state index contributed by atoms with van der Waals surface area (Å²) < 4.78 is 22.1. The van der Waals surface area contributed by atoms with Gasteiger partial charge in [-0.1, -0.05) is 35.3 Å². The van der Waals surface area contributed by atoms with Gasteiger partial charge >= 0.3 is 0 Å². The third kappa shape index (κ3) is 6.31. The van der Waals surface area contributed by atoms with E-state index in [1.54, 1.807) is 60.7 Å². The van der Waals surface area contributed by atoms with Gasteiger partial charge < -0.3 is 29.8 Å². The Hall–Kier alpha value is -5.70. The van der Waals surface area contributed by atoms with Gasteiger partial charge in [0.25, 0.3) is 11.6 Å². The molecule has 0 bridgehead atoms. The van der Waals surface area contributed by atoms with Gasteiger partial charge in [0.1, 0.15) is 40.2 Å². The molecule has 6 aromatic rings. The molecule has 0 saturated heterocycles. The molecule has 1 amide bonds. The van der Waals surface area contributed by atoms with Crippen LogP contribution in [0.5, 0.6) is 23.0 Å². The number of furan rings is 2. The Kier molecular flexibility index (Phi) is 8.07. The molecule has 43 heavy (non-hydrogen) atoms. The fourth-order valence-electron chi connectivity index (χ4n) is 3.95. The van der Waals surface area contributed by atoms with Gasteiger partial charge in [0.05, 0.1) is 25.7 Å². The summed E-state index contributed by atoms with van der Waals surface area (Å²) in [5.41, 5.74) is 12.3. The van der Waals surface area contributed by atoms with Crippen molar-refractivity contribution < 1.29 is 28.0 Å². The summed E-state index contributed by atoms with van der Waals surface area (Å²) in [6.07, 6.45) is 0. The monoisotopic (exact) mass is 616 g/mol. The standard InChI is InChI=1S/C15H9ClN2O5.C15H9ClN2O2/c16-10-6-8(18(20)21)4-5-13(10)22-11-2-1-3-12-9(11)7-14(23-12)15(17)19;16-12-6-9(18)4-5-15(12)20-14-3-1-2-13-11(14)7-10(8-17)19-13/h1-7H,(H2,17,19);1-7H,18H2. The number of primary amides is 1. The summed E-state index contributed by atoms with van der Waals surface area (Å²) >= 11 is 12.1. The van der Waals surface area contributed by atoms with E-state index >= 15 is 0 Å². The van der Waals surface area contributed by atoms with E-state index in [9.17, 15) is 14.9 Å². The van der Waals surface area contributed by atoms with Crippen molar-refractivity contribution in [3.05, 3.63) is 117 Å². The first-order valence-electron chi connectivity index (χ1n) is 12.2. The van der Waals surface area contributed by atoms with Crippen LogP contribution in [-0.2, 0) is 0 Å². The van der Waals surface area contributed by atoms with E-state index in [4.69, 9.17) is 58.2 Å². The van der Waals surface area contributed by atoms with Crippen LogP contribution in [0.1, 0.15) is 16.3 Å². The maximum atomic E-state index is 11.2. The number of nitro benzene ring substituents is 1. The van der Waals surface area contributed by atoms with Crippen LogP contribution in [0.4, 0.5) is 11.4 Å². The maximum Gasteiger partial charge on any atom is 0.284 e. The van der Waals surface area contributed by atoms with E-state index in [1.807, 2.05) is 6.07 Å². The molecule has 0 aliphatic carbocycles. The second kappa shape index (κ2) is 12.0. The summed E-state index contributed by atoms with van der Waals surface area (Å²) in [6, 6.07) is 24.3. The molecule has 0 atom stereocenters. The fraction of sp³-hybridized carbons (Fsp3) is 0. The Balaban J connectivity index is 0.000000173. The lowest BCUT2D eigenvalue weighted by molar-refractivity contribution is -0.384. The molecule has 214 valence electrons. The molecule has 0 aliphatic rings. The van der Waals surface area contributed by atoms with Gasteiger partial charge in [-0.2, -0.15) is 5.26 Å². The molecule has 0 fully saturated rings. The second-order valence-electron chi connectivity index (χ2n) is 8.80. The van der Waals surface area contributed by atoms with E-state index < -0.39 is 10.8 Å². The van der Waals surface area contributed by atoms with E-state index in [-0.39, 0.29) is 28.0 Å². The number of rotatable bonds is 6. The van der Waals surface area contributed by atoms with E-state index in [2.05, 4.69) is 0 Å². The van der Waals surface area contributed by atoms with Gasteiger partial charge in [-0.25, -0.2) is 0 Å². The SMILES string of the molecule is N#Cc1cc2c(Oc3ccc(N)cc3Cl)cccc2o1.NC(=O)c1cc2c(Oc3ccc([N+](=O)[O-])cc3Cl)cccc2o1. The number of ether oxygens (including phenoxy) is 2. The number of nitriles is 1. The molecule has 2 heterocycles. The van der Waals surface area contributed by atoms with Crippen LogP contribution in [0.3, 0.4) is 0 Å². The number of benzene rings is 4. The summed E-state index contributed by atoms with van der Waals surface area (Å²) in [4.78, 5) is 21.4. The van der Waals surface area contributed by atoms with Crippen molar-refractivity contribution in [2.24, 2.45) is 5.73 Å². The molecule has 2 aromatic heterocycles. The number of hydrogen-bond acceptors (Lipinski definition) is 9. The summed E-state index contributed by atoms with van der Waals surface area (Å²) in [7, 11) is 0. The highest BCUT2D eigenvalue weighted by molar-refractivity contribution is 6.32. The molecule has 0 radical (unpaired) electrons. The molecule has 0 spiro atoms. The molecule has 0 unspecified atom stereocenters. The zero-order chi connectivity index (χ0) is 30.7. The van der Waals surface area contributed by atoms with Crippen molar-refractivity contribution in [2.45, 2.75) is 0 Å². The topological polar surface area (TPSA) is 181 Å². The number of nitrogen functional groups attached to an aromatic ring is 1. The summed E-state index contributed by atoms with van der Waals surface area (Å²) in [5.74, 6) is 1.24. The average molecular weight is 617 g/mol. The number of halogens is 2. The second-order valence-corrected chi connectivity index (χ2v) is 9.61. The highest BCUT2D eigenvalue weighted by atomic mass is 35.5. The first kappa shape index (κ1) is 28.8. The van der Waals surface area contributed by atoms with Gasteiger partial charge in [0.2, 0.25) is 5.76 Å². The minimum atomic E-state index is -0.694. The number of anilines is 1. The van der Waals surface area contributed by atoms with Crippen molar-refractivity contribution in [1.82, 2.24) is 0 Å². The molecular weight excluding hydrogens is 599 g/mol. The van der Waals surface area contributed by atoms with Crippen LogP contribution >= 0.6 is 23.2 Å². The lowest BCUT2D eigenvalue weighted by Crippen LogP contribution is -2.08. The molecular formula is C30H18Cl2N4O7. The van der Waals surface area contributed by atoms with Crippen LogP contribution in [0.25, 0.3) is 21.9 Å². The zero-order valence-electron chi connectivity index (χ0n) is 21.7. The zero-order valence-corrected chi connectivity index (χ0v) is 23.3. The molecule has 0 saturated carbocycles. The Morgan fingerprint density at radius 2 is 1.40 bits per heavy atom. The smallest absolute Gasteiger partial charge is 0.284 e. The van der Waals surface area contributed by atoms with Gasteiger partial charge in [-0.15, -0.1) is 0 Å². The van der Waals surface area contributed by atoms with E-state index in [0.717, 1.165) is 5.39 Å². The predicted molar refractivity (Wildman–Crippen MR) is 160 cm³/mol. The van der Waals surface area contributed by atoms with E-state index in [1.165, 1.54) is 24.3 Å². The van der Waals surface area contributed by atoms with Crippen molar-refractivity contribution in [2.75, 3.05) is 5.73 Å². The van der Waals surface area contributed by atoms with Crippen molar-refractivity contribution in [1.29, 1.82) is 5.26 Å². The molecule has 4 N–H and O–H groups in total. The number of nitrogens with two attached hydrogens (primary N) is 2. The number of nitrogens with zero attached hydrogens (tertiary/aromatic N) is 2. The molecule has 0 aliphatic heterocycles. The third-order valence-electron chi connectivity index (χ3n) is 5.92. The number of non-ortho nitro benzene ring substituents is 1. The number of amides is 1. The average Bonchev–Trinajstić information content (AvgIpc) is 3.61. The highest BCUT2D eigenvalue weighted by Crippen LogP contribution is 2.37. The van der Waals surface area contributed by atoms with Gasteiger partial charge in [-0.3, -0.25) is 14.9 Å². The molecule has 4 aromatic carbocycles. The van der Waals surface area contributed by atoms with Crippen LogP contribution < -0.4 is 20.9 Å². The number of fused-ring (bicyclic) bond motifs is 2. The largest absolute Gasteiger partial charge is 0.455 e. The fourth-order valence-corrected chi connectivity index (χ4v) is 4.39. The van der Waals surface area contributed by atoms with Crippen molar-refractivity contribution in [3.8, 4) is 29.1 Å².